The summed E-state index contributed by atoms with van der Waals surface area (Å²) in [5.74, 6) is -0.844. The monoisotopic (exact) mass is 824 g/mol. The summed E-state index contributed by atoms with van der Waals surface area (Å²) < 4.78 is 33.7. The topological polar surface area (TPSA) is 111 Å². The Morgan fingerprint density at radius 1 is 0.561 bits per heavy atom. The minimum absolute atomic E-state index is 0.0308. The molecule has 0 N–H and O–H groups in total. The van der Waals surface area contributed by atoms with E-state index in [1.807, 2.05) is 21.1 Å². The Bertz CT molecular complexity index is 1110. The van der Waals surface area contributed by atoms with Gasteiger partial charge in [0, 0.05) is 12.8 Å². The lowest BCUT2D eigenvalue weighted by molar-refractivity contribution is -0.870. The molecule has 0 aliphatic rings. The standard InChI is InChI=1S/C47H86NO8P/c1-6-8-10-12-14-15-16-17-18-19-20-21-22-23-24-25-26-27-28-29-30-31-32-33-34-36-38-40-47(50)56-45(43-53-46(49)39-37-35-13-11-9-7-2)44-55-57(51,52)54-42-41-48(3,4)5/h8,10,14-15,17-18,20-21,45H,6-7,9,11-13,16,19,22-44H2,1-5H3/b10-8-,15-14-,18-17-,21-20-. The second-order valence-corrected chi connectivity index (χ2v) is 17.8. The Morgan fingerprint density at radius 3 is 1.49 bits per heavy atom. The van der Waals surface area contributed by atoms with Crippen LogP contribution in [0.15, 0.2) is 48.6 Å². The molecule has 2 unspecified atom stereocenters. The van der Waals surface area contributed by atoms with Crippen molar-refractivity contribution in [3.8, 4) is 0 Å². The molecular weight excluding hydrogens is 737 g/mol. The van der Waals surface area contributed by atoms with Crippen LogP contribution in [0, 0.1) is 0 Å². The molecule has 0 heterocycles. The summed E-state index contributed by atoms with van der Waals surface area (Å²) in [6.07, 6.45) is 46.1. The number of allylic oxidation sites excluding steroid dienone is 8. The van der Waals surface area contributed by atoms with Crippen LogP contribution in [0.2, 0.25) is 0 Å². The summed E-state index contributed by atoms with van der Waals surface area (Å²) in [6.45, 7) is 4.04. The summed E-state index contributed by atoms with van der Waals surface area (Å²) in [6, 6.07) is 0. The van der Waals surface area contributed by atoms with Crippen molar-refractivity contribution in [2.24, 2.45) is 0 Å². The third-order valence-electron chi connectivity index (χ3n) is 9.61. The van der Waals surface area contributed by atoms with Gasteiger partial charge in [-0.1, -0.05) is 172 Å². The van der Waals surface area contributed by atoms with Gasteiger partial charge in [-0.15, -0.1) is 0 Å². The SMILES string of the molecule is CC/C=C\C/C=C\C/C=C\C/C=C\CCCCCCCCCCCCCCCCC(=O)OC(COC(=O)CCCCCCCC)COP(=O)([O-])OCC[N+](C)(C)C. The minimum atomic E-state index is -4.61. The van der Waals surface area contributed by atoms with Crippen molar-refractivity contribution in [1.29, 1.82) is 0 Å². The predicted octanol–water partition coefficient (Wildman–Crippen LogP) is 12.4. The fourth-order valence-corrected chi connectivity index (χ4v) is 6.79. The molecule has 0 saturated carbocycles. The van der Waals surface area contributed by atoms with Gasteiger partial charge in [0.25, 0.3) is 7.82 Å². The molecule has 57 heavy (non-hydrogen) atoms. The van der Waals surface area contributed by atoms with Crippen molar-refractivity contribution < 1.29 is 42.1 Å². The zero-order valence-corrected chi connectivity index (χ0v) is 38.2. The van der Waals surface area contributed by atoms with Gasteiger partial charge in [-0.25, -0.2) is 0 Å². The summed E-state index contributed by atoms with van der Waals surface area (Å²) in [5.41, 5.74) is 0. The highest BCUT2D eigenvalue weighted by molar-refractivity contribution is 7.45. The molecule has 0 spiro atoms. The van der Waals surface area contributed by atoms with E-state index in [1.165, 1.54) is 77.0 Å². The number of carbonyl (C=O) groups is 2. The molecule has 2 atom stereocenters. The largest absolute Gasteiger partial charge is 0.756 e. The van der Waals surface area contributed by atoms with Crippen molar-refractivity contribution in [3.05, 3.63) is 48.6 Å². The van der Waals surface area contributed by atoms with Crippen LogP contribution in [0.4, 0.5) is 0 Å². The highest BCUT2D eigenvalue weighted by Gasteiger charge is 2.21. The lowest BCUT2D eigenvalue weighted by Crippen LogP contribution is -2.37. The molecule has 9 nitrogen and oxygen atoms in total. The second-order valence-electron chi connectivity index (χ2n) is 16.4. The molecule has 10 heteroatoms. The van der Waals surface area contributed by atoms with Crippen LogP contribution < -0.4 is 4.89 Å². The number of esters is 2. The van der Waals surface area contributed by atoms with Gasteiger partial charge < -0.3 is 27.9 Å². The first kappa shape index (κ1) is 55.0. The normalized spacial score (nSPS) is 14.0. The highest BCUT2D eigenvalue weighted by atomic mass is 31.2. The summed E-state index contributed by atoms with van der Waals surface area (Å²) in [7, 11) is 1.16. The van der Waals surface area contributed by atoms with E-state index in [0.29, 0.717) is 17.4 Å². The lowest BCUT2D eigenvalue weighted by atomic mass is 10.0. The van der Waals surface area contributed by atoms with Crippen LogP contribution in [0.3, 0.4) is 0 Å². The minimum Gasteiger partial charge on any atom is -0.756 e. The smallest absolute Gasteiger partial charge is 0.306 e. The number of ether oxygens (including phenoxy) is 2. The van der Waals surface area contributed by atoms with E-state index in [2.05, 4.69) is 62.5 Å². The van der Waals surface area contributed by atoms with Crippen LogP contribution in [0.1, 0.15) is 187 Å². The first-order valence-electron chi connectivity index (χ1n) is 22.8. The third kappa shape index (κ3) is 43.4. The van der Waals surface area contributed by atoms with E-state index < -0.39 is 32.5 Å². The number of rotatable bonds is 41. The molecule has 0 aliphatic carbocycles. The summed E-state index contributed by atoms with van der Waals surface area (Å²) in [5, 5.41) is 0. The van der Waals surface area contributed by atoms with E-state index in [1.54, 1.807) is 0 Å². The molecule has 0 radical (unpaired) electrons. The van der Waals surface area contributed by atoms with Gasteiger partial charge in [-0.2, -0.15) is 0 Å². The number of nitrogens with zero attached hydrogens (tertiary/aromatic N) is 1. The van der Waals surface area contributed by atoms with E-state index >= 15 is 0 Å². The molecule has 0 saturated heterocycles. The maximum atomic E-state index is 12.6. The molecule has 332 valence electrons. The van der Waals surface area contributed by atoms with E-state index in [9.17, 15) is 19.0 Å². The second kappa shape index (κ2) is 39.4. The fourth-order valence-electron chi connectivity index (χ4n) is 6.06. The Labute approximate surface area is 350 Å². The zero-order valence-electron chi connectivity index (χ0n) is 37.3. The molecule has 0 amide bonds. The van der Waals surface area contributed by atoms with Gasteiger partial charge in [0.05, 0.1) is 27.7 Å². The Hall–Kier alpha value is -2.03. The van der Waals surface area contributed by atoms with Crippen LogP contribution in [-0.4, -0.2) is 70.0 Å². The van der Waals surface area contributed by atoms with Crippen LogP contribution in [0.5, 0.6) is 0 Å². The van der Waals surface area contributed by atoms with Crippen LogP contribution in [0.25, 0.3) is 0 Å². The number of hydrogen-bond donors (Lipinski definition) is 0. The Balaban J connectivity index is 4.04. The third-order valence-corrected chi connectivity index (χ3v) is 10.6. The first-order chi connectivity index (χ1) is 27.5. The highest BCUT2D eigenvalue weighted by Crippen LogP contribution is 2.38. The van der Waals surface area contributed by atoms with Crippen LogP contribution in [-0.2, 0) is 32.7 Å². The van der Waals surface area contributed by atoms with Gasteiger partial charge in [0.2, 0.25) is 0 Å². The Kier molecular flexibility index (Phi) is 38.0. The quantitative estimate of drug-likeness (QED) is 0.0197. The van der Waals surface area contributed by atoms with E-state index in [4.69, 9.17) is 18.5 Å². The molecule has 0 aromatic carbocycles. The molecule has 0 aromatic heterocycles. The molecule has 0 aromatic rings. The van der Waals surface area contributed by atoms with Crippen LogP contribution >= 0.6 is 7.82 Å². The van der Waals surface area contributed by atoms with Gasteiger partial charge in [0.15, 0.2) is 6.10 Å². The molecule has 0 aliphatic heterocycles. The molecule has 0 fully saturated rings. The number of quaternary nitrogens is 1. The van der Waals surface area contributed by atoms with Crippen molar-refractivity contribution in [1.82, 2.24) is 0 Å². The molecule has 0 rings (SSSR count). The number of phosphoric acid groups is 1. The van der Waals surface area contributed by atoms with Crippen molar-refractivity contribution in [2.75, 3.05) is 47.5 Å². The lowest BCUT2D eigenvalue weighted by Gasteiger charge is -2.28. The number of carbonyl (C=O) groups excluding carboxylic acids is 2. The average Bonchev–Trinajstić information content (AvgIpc) is 3.16. The molecule has 0 bridgehead atoms. The molecular formula is C47H86NO8P. The number of hydrogen-bond acceptors (Lipinski definition) is 8. The van der Waals surface area contributed by atoms with Crippen molar-refractivity contribution in [3.63, 3.8) is 0 Å². The fraction of sp³-hybridized carbons (Fsp3) is 0.787. The van der Waals surface area contributed by atoms with E-state index in [0.717, 1.165) is 77.0 Å². The number of unbranched alkanes of at least 4 members (excludes halogenated alkanes) is 19. The van der Waals surface area contributed by atoms with Gasteiger partial charge in [0.1, 0.15) is 19.8 Å². The van der Waals surface area contributed by atoms with Gasteiger partial charge in [-0.3, -0.25) is 14.2 Å². The van der Waals surface area contributed by atoms with E-state index in [-0.39, 0.29) is 26.1 Å². The maximum absolute atomic E-state index is 12.6. The van der Waals surface area contributed by atoms with Gasteiger partial charge in [-0.05, 0) is 51.4 Å². The average molecular weight is 824 g/mol. The number of likely N-dealkylation sites (N-methyl/N-ethyl adjacent to an activating group) is 1. The van der Waals surface area contributed by atoms with Gasteiger partial charge >= 0.3 is 11.9 Å². The summed E-state index contributed by atoms with van der Waals surface area (Å²) >= 11 is 0. The predicted molar refractivity (Wildman–Crippen MR) is 236 cm³/mol. The Morgan fingerprint density at radius 2 is 1.00 bits per heavy atom. The number of phosphoric ester groups is 1. The zero-order chi connectivity index (χ0) is 42.1. The van der Waals surface area contributed by atoms with Crippen molar-refractivity contribution >= 4 is 19.8 Å². The summed E-state index contributed by atoms with van der Waals surface area (Å²) in [4.78, 5) is 37.3. The maximum Gasteiger partial charge on any atom is 0.306 e. The van der Waals surface area contributed by atoms with Crippen molar-refractivity contribution in [2.45, 2.75) is 193 Å². The first-order valence-corrected chi connectivity index (χ1v) is 24.3.